The van der Waals surface area contributed by atoms with Gasteiger partial charge in [0, 0.05) is 31.6 Å². The van der Waals surface area contributed by atoms with Crippen molar-refractivity contribution in [2.45, 2.75) is 30.3 Å². The standard InChI is InChI=1S/C18H21F3N4OS/c1-3-24-8-10-25(11-9-24)16(26)12(2)27-15-13-6-4-5-7-14(13)22-17(23-15)18(19,20)21/h4-7,12H,3,8-11H2,1-2H3/t12-/m1/s1. The number of nitrogens with zero attached hydrogens (tertiary/aromatic N) is 4. The Kier molecular flexibility index (Phi) is 5.90. The summed E-state index contributed by atoms with van der Waals surface area (Å²) in [7, 11) is 0. The lowest BCUT2D eigenvalue weighted by atomic mass is 10.2. The van der Waals surface area contributed by atoms with Gasteiger partial charge in [-0.3, -0.25) is 4.79 Å². The van der Waals surface area contributed by atoms with E-state index in [0.717, 1.165) is 31.4 Å². The van der Waals surface area contributed by atoms with E-state index in [1.165, 1.54) is 6.07 Å². The summed E-state index contributed by atoms with van der Waals surface area (Å²) in [5.74, 6) is -1.26. The monoisotopic (exact) mass is 398 g/mol. The summed E-state index contributed by atoms with van der Waals surface area (Å²) in [6, 6.07) is 6.55. The molecule has 1 aromatic heterocycles. The summed E-state index contributed by atoms with van der Waals surface area (Å²) in [4.78, 5) is 24.1. The molecule has 1 atom stereocenters. The maximum atomic E-state index is 13.1. The molecule has 2 heterocycles. The number of alkyl halides is 3. The van der Waals surface area contributed by atoms with Crippen LogP contribution in [0.25, 0.3) is 10.9 Å². The zero-order valence-corrected chi connectivity index (χ0v) is 16.0. The molecule has 9 heteroatoms. The van der Waals surface area contributed by atoms with Gasteiger partial charge in [0.2, 0.25) is 11.7 Å². The van der Waals surface area contributed by atoms with E-state index < -0.39 is 17.3 Å². The minimum absolute atomic E-state index is 0.0768. The van der Waals surface area contributed by atoms with Crippen molar-refractivity contribution in [1.82, 2.24) is 19.8 Å². The Hall–Kier alpha value is -1.87. The second-order valence-electron chi connectivity index (χ2n) is 6.39. The number of benzene rings is 1. The Bertz CT molecular complexity index is 822. The SMILES string of the molecule is CCN1CCN(C(=O)[C@@H](C)Sc2nc(C(F)(F)F)nc3ccccc23)CC1. The van der Waals surface area contributed by atoms with E-state index >= 15 is 0 Å². The second-order valence-corrected chi connectivity index (χ2v) is 7.72. The van der Waals surface area contributed by atoms with Crippen LogP contribution in [0.1, 0.15) is 19.7 Å². The number of piperazine rings is 1. The highest BCUT2D eigenvalue weighted by atomic mass is 32.2. The van der Waals surface area contributed by atoms with E-state index in [1.807, 2.05) is 0 Å². The Balaban J connectivity index is 1.82. The molecule has 1 amide bonds. The number of aromatic nitrogens is 2. The fourth-order valence-corrected chi connectivity index (χ4v) is 4.05. The third kappa shape index (κ3) is 4.52. The van der Waals surface area contributed by atoms with Gasteiger partial charge in [0.1, 0.15) is 5.03 Å². The molecule has 0 aliphatic carbocycles. The molecule has 0 spiro atoms. The van der Waals surface area contributed by atoms with Gasteiger partial charge in [-0.1, -0.05) is 36.9 Å². The van der Waals surface area contributed by atoms with Crippen LogP contribution in [-0.2, 0) is 11.0 Å². The largest absolute Gasteiger partial charge is 0.451 e. The predicted octanol–water partition coefficient (Wildman–Crippen LogP) is 3.29. The number of thioether (sulfide) groups is 1. The maximum absolute atomic E-state index is 13.1. The zero-order valence-electron chi connectivity index (χ0n) is 15.2. The molecule has 1 aliphatic rings. The average Bonchev–Trinajstić information content (AvgIpc) is 2.66. The molecule has 3 rings (SSSR count). The average molecular weight is 398 g/mol. The van der Waals surface area contributed by atoms with Crippen molar-refractivity contribution < 1.29 is 18.0 Å². The number of amides is 1. The highest BCUT2D eigenvalue weighted by Crippen LogP contribution is 2.34. The summed E-state index contributed by atoms with van der Waals surface area (Å²) in [6.07, 6.45) is -4.64. The number of halogens is 3. The molecule has 1 aliphatic heterocycles. The third-order valence-electron chi connectivity index (χ3n) is 4.59. The van der Waals surface area contributed by atoms with Crippen molar-refractivity contribution in [3.05, 3.63) is 30.1 Å². The quantitative estimate of drug-likeness (QED) is 0.584. The van der Waals surface area contributed by atoms with E-state index in [4.69, 9.17) is 0 Å². The van der Waals surface area contributed by atoms with Crippen LogP contribution in [0.4, 0.5) is 13.2 Å². The van der Waals surface area contributed by atoms with Gasteiger partial charge in [-0.15, -0.1) is 0 Å². The van der Waals surface area contributed by atoms with Crippen LogP contribution in [0.2, 0.25) is 0 Å². The number of para-hydroxylation sites is 1. The van der Waals surface area contributed by atoms with Gasteiger partial charge in [-0.25, -0.2) is 9.97 Å². The predicted molar refractivity (Wildman–Crippen MR) is 98.6 cm³/mol. The van der Waals surface area contributed by atoms with E-state index in [-0.39, 0.29) is 16.4 Å². The fraction of sp³-hybridized carbons (Fsp3) is 0.500. The lowest BCUT2D eigenvalue weighted by Crippen LogP contribution is -2.50. The number of likely N-dealkylation sites (N-methyl/N-ethyl adjacent to an activating group) is 1. The maximum Gasteiger partial charge on any atom is 0.451 e. The molecule has 2 aromatic rings. The number of hydrogen-bond donors (Lipinski definition) is 0. The van der Waals surface area contributed by atoms with Gasteiger partial charge < -0.3 is 9.80 Å². The zero-order chi connectivity index (χ0) is 19.6. The molecule has 0 unspecified atom stereocenters. The van der Waals surface area contributed by atoms with Crippen molar-refractivity contribution in [3.8, 4) is 0 Å². The topological polar surface area (TPSA) is 49.3 Å². The van der Waals surface area contributed by atoms with Crippen molar-refractivity contribution in [3.63, 3.8) is 0 Å². The molecule has 5 nitrogen and oxygen atoms in total. The molecular formula is C18H21F3N4OS. The van der Waals surface area contributed by atoms with Crippen molar-refractivity contribution in [1.29, 1.82) is 0 Å². The van der Waals surface area contributed by atoms with E-state index in [0.29, 0.717) is 18.5 Å². The molecule has 27 heavy (non-hydrogen) atoms. The summed E-state index contributed by atoms with van der Waals surface area (Å²) < 4.78 is 39.4. The van der Waals surface area contributed by atoms with Crippen LogP contribution in [0.5, 0.6) is 0 Å². The smallest absolute Gasteiger partial charge is 0.339 e. The van der Waals surface area contributed by atoms with Gasteiger partial charge in [0.05, 0.1) is 10.8 Å². The van der Waals surface area contributed by atoms with Crippen LogP contribution >= 0.6 is 11.8 Å². The van der Waals surface area contributed by atoms with Gasteiger partial charge in [0.25, 0.3) is 0 Å². The Morgan fingerprint density at radius 2 is 1.85 bits per heavy atom. The minimum atomic E-state index is -4.64. The minimum Gasteiger partial charge on any atom is -0.339 e. The molecule has 0 saturated carbocycles. The van der Waals surface area contributed by atoms with Crippen LogP contribution in [0, 0.1) is 0 Å². The number of fused-ring (bicyclic) bond motifs is 1. The second kappa shape index (κ2) is 8.02. The molecule has 0 radical (unpaired) electrons. The van der Waals surface area contributed by atoms with Crippen molar-refractivity contribution in [2.24, 2.45) is 0 Å². The third-order valence-corrected chi connectivity index (χ3v) is 5.68. The van der Waals surface area contributed by atoms with Crippen LogP contribution in [0.3, 0.4) is 0 Å². The summed E-state index contributed by atoms with van der Waals surface area (Å²) in [5, 5.41) is 0.171. The molecule has 1 saturated heterocycles. The van der Waals surface area contributed by atoms with Crippen molar-refractivity contribution >= 4 is 28.6 Å². The number of hydrogen-bond acceptors (Lipinski definition) is 5. The number of carbonyl (C=O) groups excluding carboxylic acids is 1. The van der Waals surface area contributed by atoms with Gasteiger partial charge in [0.15, 0.2) is 0 Å². The van der Waals surface area contributed by atoms with Gasteiger partial charge >= 0.3 is 6.18 Å². The summed E-state index contributed by atoms with van der Waals surface area (Å²) >= 11 is 1.06. The van der Waals surface area contributed by atoms with E-state index in [2.05, 4.69) is 21.8 Å². The Morgan fingerprint density at radius 3 is 2.48 bits per heavy atom. The van der Waals surface area contributed by atoms with E-state index in [1.54, 1.807) is 30.0 Å². The molecule has 0 N–H and O–H groups in total. The Labute approximate surface area is 159 Å². The first-order chi connectivity index (χ1) is 12.8. The molecule has 146 valence electrons. The van der Waals surface area contributed by atoms with Crippen LogP contribution < -0.4 is 0 Å². The molecular weight excluding hydrogens is 377 g/mol. The van der Waals surface area contributed by atoms with Crippen LogP contribution in [0.15, 0.2) is 29.3 Å². The first-order valence-corrected chi connectivity index (χ1v) is 9.69. The lowest BCUT2D eigenvalue weighted by molar-refractivity contribution is -0.145. The highest BCUT2D eigenvalue weighted by Gasteiger charge is 2.36. The number of rotatable bonds is 4. The summed E-state index contributed by atoms with van der Waals surface area (Å²) in [5.41, 5.74) is 0.221. The summed E-state index contributed by atoms with van der Waals surface area (Å²) in [6.45, 7) is 7.63. The molecule has 1 aromatic carbocycles. The highest BCUT2D eigenvalue weighted by molar-refractivity contribution is 8.00. The first kappa shape index (κ1) is 19.9. The van der Waals surface area contributed by atoms with Crippen molar-refractivity contribution in [2.75, 3.05) is 32.7 Å². The fourth-order valence-electron chi connectivity index (χ4n) is 3.02. The van der Waals surface area contributed by atoms with Gasteiger partial charge in [-0.05, 0) is 19.5 Å². The van der Waals surface area contributed by atoms with E-state index in [9.17, 15) is 18.0 Å². The van der Waals surface area contributed by atoms with Crippen LogP contribution in [-0.4, -0.2) is 63.6 Å². The first-order valence-electron chi connectivity index (χ1n) is 8.81. The number of carbonyl (C=O) groups is 1. The van der Waals surface area contributed by atoms with Gasteiger partial charge in [-0.2, -0.15) is 13.2 Å². The molecule has 0 bridgehead atoms. The lowest BCUT2D eigenvalue weighted by Gasteiger charge is -2.35. The Morgan fingerprint density at radius 1 is 1.19 bits per heavy atom. The normalized spacial score (nSPS) is 17.3. The molecule has 1 fully saturated rings.